The summed E-state index contributed by atoms with van der Waals surface area (Å²) in [5.74, 6) is -1.48. The number of hydrogen-bond donors (Lipinski definition) is 0. The maximum Gasteiger partial charge on any atom is 0.246 e. The summed E-state index contributed by atoms with van der Waals surface area (Å²) in [6.45, 7) is 9.04. The van der Waals surface area contributed by atoms with Crippen molar-refractivity contribution in [2.75, 3.05) is 47.0 Å². The fourth-order valence-electron chi connectivity index (χ4n) is 7.51. The van der Waals surface area contributed by atoms with E-state index in [1.807, 2.05) is 17.7 Å². The fourth-order valence-corrected chi connectivity index (χ4v) is 7.51. The SMILES string of the molecule is C=CC(=O)N1CCn2nc(-c3nc(-c4ccc5c(c4)CCN(C)CC5)c4c(c3-c3c(F)cc(F)cc3OCCOC)CCC4)cc2C1C. The Kier molecular flexibility index (Phi) is 8.87. The van der Waals surface area contributed by atoms with Gasteiger partial charge in [-0.25, -0.2) is 13.8 Å². The van der Waals surface area contributed by atoms with Crippen molar-refractivity contribution in [1.29, 1.82) is 0 Å². The summed E-state index contributed by atoms with van der Waals surface area (Å²) in [7, 11) is 3.71. The molecular weight excluding hydrogens is 612 g/mol. The summed E-state index contributed by atoms with van der Waals surface area (Å²) in [5.41, 5.74) is 9.32. The van der Waals surface area contributed by atoms with E-state index in [9.17, 15) is 9.18 Å². The number of amides is 1. The van der Waals surface area contributed by atoms with E-state index in [1.54, 1.807) is 12.0 Å². The summed E-state index contributed by atoms with van der Waals surface area (Å²) >= 11 is 0. The third kappa shape index (κ3) is 5.81. The number of carbonyl (C=O) groups excluding carboxylic acids is 1. The second kappa shape index (κ2) is 13.2. The van der Waals surface area contributed by atoms with Gasteiger partial charge in [-0.2, -0.15) is 5.10 Å². The molecule has 0 fully saturated rings. The Hall–Kier alpha value is -4.41. The summed E-state index contributed by atoms with van der Waals surface area (Å²) in [4.78, 5) is 22.1. The van der Waals surface area contributed by atoms with Gasteiger partial charge in [-0.05, 0) is 86.5 Å². The topological polar surface area (TPSA) is 72.7 Å². The van der Waals surface area contributed by atoms with Crippen molar-refractivity contribution in [1.82, 2.24) is 24.6 Å². The molecule has 10 heteroatoms. The van der Waals surface area contributed by atoms with Crippen LogP contribution in [0.1, 0.15) is 47.3 Å². The van der Waals surface area contributed by atoms with Gasteiger partial charge in [0, 0.05) is 50.0 Å². The van der Waals surface area contributed by atoms with Crippen LogP contribution in [0.25, 0.3) is 33.8 Å². The van der Waals surface area contributed by atoms with Crippen molar-refractivity contribution in [3.8, 4) is 39.5 Å². The van der Waals surface area contributed by atoms with Gasteiger partial charge in [0.25, 0.3) is 0 Å². The molecule has 0 saturated carbocycles. The number of hydrogen-bond acceptors (Lipinski definition) is 6. The van der Waals surface area contributed by atoms with Crippen molar-refractivity contribution < 1.29 is 23.0 Å². The molecule has 1 aliphatic carbocycles. The smallest absolute Gasteiger partial charge is 0.246 e. The third-order valence-electron chi connectivity index (χ3n) is 10.0. The molecule has 48 heavy (non-hydrogen) atoms. The van der Waals surface area contributed by atoms with Gasteiger partial charge in [-0.15, -0.1) is 0 Å². The quantitative estimate of drug-likeness (QED) is 0.167. The molecule has 2 aliphatic heterocycles. The Morgan fingerprint density at radius 1 is 0.958 bits per heavy atom. The van der Waals surface area contributed by atoms with Gasteiger partial charge in [-0.3, -0.25) is 9.48 Å². The highest BCUT2D eigenvalue weighted by atomic mass is 19.1. The molecule has 0 radical (unpaired) electrons. The Balaban J connectivity index is 1.46. The maximum absolute atomic E-state index is 16.2. The number of pyridine rings is 1. The summed E-state index contributed by atoms with van der Waals surface area (Å²) in [5, 5.41) is 5.01. The van der Waals surface area contributed by atoms with Crippen LogP contribution in [0.4, 0.5) is 8.78 Å². The van der Waals surface area contributed by atoms with Crippen molar-refractivity contribution >= 4 is 5.91 Å². The number of ether oxygens (including phenoxy) is 2. The Morgan fingerprint density at radius 3 is 2.54 bits per heavy atom. The van der Waals surface area contributed by atoms with Crippen LogP contribution in [0.5, 0.6) is 5.75 Å². The van der Waals surface area contributed by atoms with Crippen molar-refractivity contribution in [3.63, 3.8) is 0 Å². The second-order valence-corrected chi connectivity index (χ2v) is 13.0. The number of benzene rings is 2. The number of aromatic nitrogens is 3. The molecule has 0 N–H and O–H groups in total. The predicted molar refractivity (Wildman–Crippen MR) is 181 cm³/mol. The number of methoxy groups -OCH3 is 1. The first-order valence-corrected chi connectivity index (χ1v) is 16.8. The monoisotopic (exact) mass is 653 g/mol. The van der Waals surface area contributed by atoms with Gasteiger partial charge in [-0.1, -0.05) is 18.7 Å². The fraction of sp³-hybridized carbons (Fsp3) is 0.395. The van der Waals surface area contributed by atoms with Crippen LogP contribution < -0.4 is 4.74 Å². The highest BCUT2D eigenvalue weighted by molar-refractivity contribution is 5.90. The van der Waals surface area contributed by atoms with Gasteiger partial charge in [0.2, 0.25) is 5.91 Å². The zero-order chi connectivity index (χ0) is 33.5. The average Bonchev–Trinajstić information content (AvgIpc) is 3.70. The first-order chi connectivity index (χ1) is 23.3. The van der Waals surface area contributed by atoms with Crippen LogP contribution >= 0.6 is 0 Å². The van der Waals surface area contributed by atoms with Crippen LogP contribution in [0.2, 0.25) is 0 Å². The standard InChI is InChI=1S/C38H41F2N5O3/c1-5-34(46)44-15-16-45-32(23(44)2)22-31(42-45)38-35(36-30(40)20-27(39)21-33(36)48-18-17-47-4)28-7-6-8-29(28)37(41-38)26-10-9-24-11-13-43(3)14-12-25(24)19-26/h5,9-10,19-23H,1,6-8,11-18H2,2-4H3. The minimum Gasteiger partial charge on any atom is -0.490 e. The van der Waals surface area contributed by atoms with Gasteiger partial charge < -0.3 is 19.3 Å². The lowest BCUT2D eigenvalue weighted by atomic mass is 9.89. The minimum atomic E-state index is -0.722. The normalized spacial score (nSPS) is 17.4. The van der Waals surface area contributed by atoms with Crippen LogP contribution in [-0.2, 0) is 41.8 Å². The molecule has 0 saturated heterocycles. The van der Waals surface area contributed by atoms with Gasteiger partial charge in [0.15, 0.2) is 0 Å². The van der Waals surface area contributed by atoms with E-state index in [2.05, 4.69) is 36.7 Å². The molecule has 3 aliphatic rings. The summed E-state index contributed by atoms with van der Waals surface area (Å²) in [6.07, 6.45) is 5.68. The highest BCUT2D eigenvalue weighted by Gasteiger charge is 2.33. The van der Waals surface area contributed by atoms with Crippen LogP contribution in [0.3, 0.4) is 0 Å². The van der Waals surface area contributed by atoms with E-state index >= 15 is 4.39 Å². The average molecular weight is 654 g/mol. The summed E-state index contributed by atoms with van der Waals surface area (Å²) in [6, 6.07) is 10.5. The van der Waals surface area contributed by atoms with Gasteiger partial charge >= 0.3 is 0 Å². The molecule has 250 valence electrons. The highest BCUT2D eigenvalue weighted by Crippen LogP contribution is 2.47. The molecular formula is C38H41F2N5O3. The maximum atomic E-state index is 16.2. The zero-order valence-electron chi connectivity index (χ0n) is 27.8. The predicted octanol–water partition coefficient (Wildman–Crippen LogP) is 6.19. The first kappa shape index (κ1) is 32.2. The molecule has 7 rings (SSSR count). The van der Waals surface area contributed by atoms with Crippen LogP contribution in [0, 0.1) is 11.6 Å². The molecule has 8 nitrogen and oxygen atoms in total. The third-order valence-corrected chi connectivity index (χ3v) is 10.0. The van der Waals surface area contributed by atoms with E-state index in [-0.39, 0.29) is 36.5 Å². The molecule has 2 aromatic carbocycles. The molecule has 1 atom stereocenters. The molecule has 4 heterocycles. The number of fused-ring (bicyclic) bond motifs is 3. The lowest BCUT2D eigenvalue weighted by Crippen LogP contribution is -2.40. The number of rotatable bonds is 8. The molecule has 1 amide bonds. The van der Waals surface area contributed by atoms with Crippen molar-refractivity contribution in [3.05, 3.63) is 88.6 Å². The number of likely N-dealkylation sites (N-methyl/N-ethyl adjacent to an activating group) is 1. The molecule has 2 aromatic heterocycles. The molecule has 1 unspecified atom stereocenters. The van der Waals surface area contributed by atoms with E-state index in [0.717, 1.165) is 72.9 Å². The van der Waals surface area contributed by atoms with E-state index in [4.69, 9.17) is 19.6 Å². The lowest BCUT2D eigenvalue weighted by molar-refractivity contribution is -0.129. The van der Waals surface area contributed by atoms with Gasteiger partial charge in [0.1, 0.15) is 29.7 Å². The van der Waals surface area contributed by atoms with E-state index in [1.165, 1.54) is 23.3 Å². The number of carbonyl (C=O) groups is 1. The van der Waals surface area contributed by atoms with Crippen LogP contribution in [-0.4, -0.2) is 77.5 Å². The van der Waals surface area contributed by atoms with Gasteiger partial charge in [0.05, 0.1) is 41.8 Å². The Labute approximate surface area is 280 Å². The molecule has 0 bridgehead atoms. The lowest BCUT2D eigenvalue weighted by Gasteiger charge is -2.33. The Morgan fingerprint density at radius 2 is 1.75 bits per heavy atom. The molecule has 0 spiro atoms. The van der Waals surface area contributed by atoms with Crippen LogP contribution in [0.15, 0.2) is 49.1 Å². The summed E-state index contributed by atoms with van der Waals surface area (Å²) < 4.78 is 43.9. The van der Waals surface area contributed by atoms with E-state index < -0.39 is 11.6 Å². The number of nitrogens with zero attached hydrogens (tertiary/aromatic N) is 5. The van der Waals surface area contributed by atoms with E-state index in [0.29, 0.717) is 36.5 Å². The minimum absolute atomic E-state index is 0.101. The Bertz CT molecular complexity index is 1900. The molecule has 4 aromatic rings. The van der Waals surface area contributed by atoms with Crippen molar-refractivity contribution in [2.24, 2.45) is 0 Å². The number of halogens is 2. The zero-order valence-corrected chi connectivity index (χ0v) is 27.8. The van der Waals surface area contributed by atoms with Crippen molar-refractivity contribution in [2.45, 2.75) is 51.6 Å². The first-order valence-electron chi connectivity index (χ1n) is 16.8. The largest absolute Gasteiger partial charge is 0.490 e. The second-order valence-electron chi connectivity index (χ2n) is 13.0.